The zero-order valence-electron chi connectivity index (χ0n) is 13.5. The van der Waals surface area contributed by atoms with Crippen LogP contribution >= 0.6 is 0 Å². The van der Waals surface area contributed by atoms with Crippen molar-refractivity contribution in [2.75, 3.05) is 5.32 Å². The summed E-state index contributed by atoms with van der Waals surface area (Å²) in [6.45, 7) is 0.291. The maximum absolute atomic E-state index is 12.3. The second-order valence-electron chi connectivity index (χ2n) is 5.43. The predicted octanol–water partition coefficient (Wildman–Crippen LogP) is 2.43. The Kier molecular flexibility index (Phi) is 4.04. The monoisotopic (exact) mass is 350 g/mol. The highest BCUT2D eigenvalue weighted by Gasteiger charge is 2.15. The highest BCUT2D eigenvalue weighted by molar-refractivity contribution is 6.03. The van der Waals surface area contributed by atoms with E-state index in [4.69, 9.17) is 14.7 Å². The lowest BCUT2D eigenvalue weighted by Crippen LogP contribution is -2.12. The van der Waals surface area contributed by atoms with Gasteiger partial charge in [0.15, 0.2) is 17.3 Å². The smallest absolute Gasteiger partial charge is 0.277 e. The SMILES string of the molecule is NCc1nc(-c2ccc(NC(=O)c3cc(-c4ccoc4)on3)cc2)n[nH]1. The quantitative estimate of drug-likeness (QED) is 0.503. The number of anilines is 1. The highest BCUT2D eigenvalue weighted by Crippen LogP contribution is 2.22. The average molecular weight is 350 g/mol. The molecule has 0 aliphatic heterocycles. The fourth-order valence-electron chi connectivity index (χ4n) is 2.34. The van der Waals surface area contributed by atoms with Crippen LogP contribution in [0, 0.1) is 0 Å². The number of rotatable bonds is 5. The molecule has 4 N–H and O–H groups in total. The molecule has 0 atom stereocenters. The van der Waals surface area contributed by atoms with Gasteiger partial charge in [-0.3, -0.25) is 9.89 Å². The molecule has 0 unspecified atom stereocenters. The number of hydrogen-bond acceptors (Lipinski definition) is 7. The average Bonchev–Trinajstić information content (AvgIpc) is 3.42. The number of furan rings is 1. The van der Waals surface area contributed by atoms with Crippen LogP contribution in [0.15, 0.2) is 57.9 Å². The van der Waals surface area contributed by atoms with Crippen molar-refractivity contribution in [2.24, 2.45) is 5.73 Å². The molecule has 1 aromatic carbocycles. The number of amides is 1. The largest absolute Gasteiger partial charge is 0.472 e. The zero-order valence-corrected chi connectivity index (χ0v) is 13.5. The Morgan fingerprint density at radius 2 is 2.04 bits per heavy atom. The van der Waals surface area contributed by atoms with Crippen LogP contribution in [0.25, 0.3) is 22.7 Å². The Hall–Kier alpha value is -3.72. The van der Waals surface area contributed by atoms with Gasteiger partial charge in [0.2, 0.25) is 0 Å². The standard InChI is InChI=1S/C17H14N6O3/c18-8-15-20-16(22-21-15)10-1-3-12(4-2-10)19-17(24)13-7-14(26-23-13)11-5-6-25-9-11/h1-7,9H,8,18H2,(H,19,24)(H,20,21,22). The van der Waals surface area contributed by atoms with E-state index >= 15 is 0 Å². The van der Waals surface area contributed by atoms with Crippen molar-refractivity contribution in [3.63, 3.8) is 0 Å². The minimum absolute atomic E-state index is 0.173. The van der Waals surface area contributed by atoms with Crippen molar-refractivity contribution < 1.29 is 13.7 Å². The highest BCUT2D eigenvalue weighted by atomic mass is 16.5. The summed E-state index contributed by atoms with van der Waals surface area (Å²) >= 11 is 0. The van der Waals surface area contributed by atoms with Crippen LogP contribution in [0.3, 0.4) is 0 Å². The van der Waals surface area contributed by atoms with Crippen LogP contribution in [0.2, 0.25) is 0 Å². The van der Waals surface area contributed by atoms with Gasteiger partial charge < -0.3 is 20.0 Å². The van der Waals surface area contributed by atoms with Gasteiger partial charge >= 0.3 is 0 Å². The normalized spacial score (nSPS) is 10.8. The summed E-state index contributed by atoms with van der Waals surface area (Å²) in [5.41, 5.74) is 7.81. The van der Waals surface area contributed by atoms with Gasteiger partial charge in [-0.25, -0.2) is 4.98 Å². The van der Waals surface area contributed by atoms with E-state index < -0.39 is 0 Å². The molecule has 4 rings (SSSR count). The van der Waals surface area contributed by atoms with Crippen molar-refractivity contribution >= 4 is 11.6 Å². The van der Waals surface area contributed by atoms with Crippen molar-refractivity contribution in [1.82, 2.24) is 20.3 Å². The molecule has 3 heterocycles. The number of nitrogens with one attached hydrogen (secondary N) is 2. The maximum atomic E-state index is 12.3. The molecular formula is C17H14N6O3. The number of hydrogen-bond donors (Lipinski definition) is 3. The Bertz CT molecular complexity index is 1020. The van der Waals surface area contributed by atoms with Gasteiger partial charge in [0.1, 0.15) is 12.1 Å². The van der Waals surface area contributed by atoms with E-state index in [9.17, 15) is 4.79 Å². The minimum Gasteiger partial charge on any atom is -0.472 e. The van der Waals surface area contributed by atoms with Crippen LogP contribution in [0.1, 0.15) is 16.3 Å². The third-order valence-corrected chi connectivity index (χ3v) is 3.67. The second kappa shape index (κ2) is 6.65. The lowest BCUT2D eigenvalue weighted by Gasteiger charge is -2.03. The zero-order chi connectivity index (χ0) is 17.9. The number of H-pyrrole nitrogens is 1. The first-order valence-corrected chi connectivity index (χ1v) is 7.75. The Morgan fingerprint density at radius 3 is 2.73 bits per heavy atom. The number of carbonyl (C=O) groups excluding carboxylic acids is 1. The molecule has 0 radical (unpaired) electrons. The van der Waals surface area contributed by atoms with E-state index in [1.165, 1.54) is 12.5 Å². The van der Waals surface area contributed by atoms with Gasteiger partial charge in [-0.2, -0.15) is 5.10 Å². The topological polar surface area (TPSA) is 136 Å². The van der Waals surface area contributed by atoms with E-state index in [1.807, 2.05) is 0 Å². The van der Waals surface area contributed by atoms with E-state index in [-0.39, 0.29) is 11.6 Å². The summed E-state index contributed by atoms with van der Waals surface area (Å²) in [5.74, 6) is 1.24. The molecule has 0 bridgehead atoms. The van der Waals surface area contributed by atoms with Crippen LogP contribution in [-0.2, 0) is 6.54 Å². The summed E-state index contributed by atoms with van der Waals surface area (Å²) in [4.78, 5) is 16.5. The molecule has 0 saturated heterocycles. The Balaban J connectivity index is 1.46. The molecule has 4 aromatic rings. The maximum Gasteiger partial charge on any atom is 0.277 e. The number of carbonyl (C=O) groups is 1. The van der Waals surface area contributed by atoms with Gasteiger partial charge in [-0.15, -0.1) is 0 Å². The molecule has 0 saturated carbocycles. The molecule has 0 fully saturated rings. The molecule has 3 aromatic heterocycles. The lowest BCUT2D eigenvalue weighted by atomic mass is 10.2. The Morgan fingerprint density at radius 1 is 1.19 bits per heavy atom. The van der Waals surface area contributed by atoms with Crippen molar-refractivity contribution in [3.8, 4) is 22.7 Å². The van der Waals surface area contributed by atoms with E-state index in [2.05, 4.69) is 25.7 Å². The molecule has 0 aliphatic rings. The van der Waals surface area contributed by atoms with E-state index in [0.29, 0.717) is 35.2 Å². The fourth-order valence-corrected chi connectivity index (χ4v) is 2.34. The van der Waals surface area contributed by atoms with Crippen LogP contribution in [0.5, 0.6) is 0 Å². The lowest BCUT2D eigenvalue weighted by molar-refractivity contribution is 0.101. The molecule has 1 amide bonds. The third kappa shape index (κ3) is 3.10. The molecule has 9 nitrogen and oxygen atoms in total. The Labute approximate surface area is 147 Å². The van der Waals surface area contributed by atoms with Gasteiger partial charge in [0.25, 0.3) is 5.91 Å². The first-order valence-electron chi connectivity index (χ1n) is 7.75. The van der Waals surface area contributed by atoms with Crippen molar-refractivity contribution in [1.29, 1.82) is 0 Å². The second-order valence-corrected chi connectivity index (χ2v) is 5.43. The molecule has 9 heteroatoms. The van der Waals surface area contributed by atoms with Gasteiger partial charge in [-0.1, -0.05) is 5.16 Å². The first kappa shape index (κ1) is 15.8. The summed E-state index contributed by atoms with van der Waals surface area (Å²) in [6.07, 6.45) is 3.03. The van der Waals surface area contributed by atoms with Gasteiger partial charge in [-0.05, 0) is 30.3 Å². The third-order valence-electron chi connectivity index (χ3n) is 3.67. The van der Waals surface area contributed by atoms with Crippen LogP contribution in [-0.4, -0.2) is 26.2 Å². The summed E-state index contributed by atoms with van der Waals surface area (Å²) in [6, 6.07) is 10.4. The van der Waals surface area contributed by atoms with E-state index in [0.717, 1.165) is 5.56 Å². The minimum atomic E-state index is -0.375. The predicted molar refractivity (Wildman–Crippen MR) is 91.9 cm³/mol. The number of aromatic nitrogens is 4. The molecule has 0 aliphatic carbocycles. The molecular weight excluding hydrogens is 336 g/mol. The summed E-state index contributed by atoms with van der Waals surface area (Å²) < 4.78 is 10.1. The molecule has 0 spiro atoms. The number of nitrogens with zero attached hydrogens (tertiary/aromatic N) is 3. The number of aromatic amines is 1. The summed E-state index contributed by atoms with van der Waals surface area (Å²) in [7, 11) is 0. The van der Waals surface area contributed by atoms with Crippen molar-refractivity contribution in [3.05, 3.63) is 60.4 Å². The van der Waals surface area contributed by atoms with Crippen LogP contribution in [0.4, 0.5) is 5.69 Å². The van der Waals surface area contributed by atoms with E-state index in [1.54, 1.807) is 36.4 Å². The molecule has 130 valence electrons. The number of nitrogens with two attached hydrogens (primary N) is 1. The molecule has 26 heavy (non-hydrogen) atoms. The fraction of sp³-hybridized carbons (Fsp3) is 0.0588. The van der Waals surface area contributed by atoms with Gasteiger partial charge in [0, 0.05) is 17.3 Å². The first-order chi connectivity index (χ1) is 12.7. The summed E-state index contributed by atoms with van der Waals surface area (Å²) in [5, 5.41) is 13.4. The number of benzene rings is 1. The van der Waals surface area contributed by atoms with Gasteiger partial charge in [0.05, 0.1) is 18.4 Å². The van der Waals surface area contributed by atoms with Crippen molar-refractivity contribution in [2.45, 2.75) is 6.54 Å². The van der Waals surface area contributed by atoms with Crippen LogP contribution < -0.4 is 11.1 Å².